The molecular weight excluding hydrogens is 331 g/mol. The normalized spacial score (nSPS) is 17.6. The number of carbonyl (C=O) groups excluding carboxylic acids is 1. The summed E-state index contributed by atoms with van der Waals surface area (Å²) < 4.78 is 43.8. The quantitative estimate of drug-likeness (QED) is 0.804. The molecule has 2 aromatic rings. The molecule has 0 saturated carbocycles. The zero-order valence-corrected chi connectivity index (χ0v) is 13.7. The molecule has 25 heavy (non-hydrogen) atoms. The van der Waals surface area contributed by atoms with Crippen molar-refractivity contribution in [1.29, 1.82) is 0 Å². The second-order valence-electron chi connectivity index (χ2n) is 6.01. The van der Waals surface area contributed by atoms with Crippen molar-refractivity contribution < 1.29 is 22.7 Å². The molecule has 1 aliphatic rings. The zero-order chi connectivity index (χ0) is 18.0. The molecule has 1 atom stereocenters. The number of amides is 1. The fourth-order valence-corrected chi connectivity index (χ4v) is 3.18. The average molecular weight is 349 g/mol. The molecule has 0 aliphatic carbocycles. The van der Waals surface area contributed by atoms with Crippen LogP contribution >= 0.6 is 0 Å². The Bertz CT molecular complexity index is 756. The number of nitrogens with zero attached hydrogens (tertiary/aromatic N) is 1. The van der Waals surface area contributed by atoms with E-state index in [-0.39, 0.29) is 17.5 Å². The second kappa shape index (κ2) is 6.78. The van der Waals surface area contributed by atoms with Gasteiger partial charge in [-0.2, -0.15) is 13.2 Å². The highest BCUT2D eigenvalue weighted by Crippen LogP contribution is 2.35. The van der Waals surface area contributed by atoms with Gasteiger partial charge in [0.05, 0.1) is 18.7 Å². The van der Waals surface area contributed by atoms with Crippen LogP contribution in [0, 0.1) is 0 Å². The lowest BCUT2D eigenvalue weighted by molar-refractivity contribution is -0.137. The number of ether oxygens (including phenoxy) is 1. The lowest BCUT2D eigenvalue weighted by Gasteiger charge is -2.25. The first-order chi connectivity index (χ1) is 11.9. The number of likely N-dealkylation sites (tertiary alicyclic amines) is 1. The van der Waals surface area contributed by atoms with Crippen molar-refractivity contribution in [2.75, 3.05) is 13.7 Å². The smallest absolute Gasteiger partial charge is 0.416 e. The first-order valence-electron chi connectivity index (χ1n) is 8.02. The van der Waals surface area contributed by atoms with E-state index in [4.69, 9.17) is 4.74 Å². The van der Waals surface area contributed by atoms with E-state index in [9.17, 15) is 18.0 Å². The molecule has 6 heteroatoms. The van der Waals surface area contributed by atoms with Crippen LogP contribution in [-0.2, 0) is 6.18 Å². The van der Waals surface area contributed by atoms with Gasteiger partial charge < -0.3 is 9.64 Å². The maximum atomic E-state index is 12.9. The van der Waals surface area contributed by atoms with Crippen molar-refractivity contribution in [3.8, 4) is 5.75 Å². The molecule has 0 bridgehead atoms. The van der Waals surface area contributed by atoms with Crippen LogP contribution in [0.3, 0.4) is 0 Å². The predicted octanol–water partition coefficient (Wildman–Crippen LogP) is 4.69. The zero-order valence-electron chi connectivity index (χ0n) is 13.7. The van der Waals surface area contributed by atoms with Gasteiger partial charge in [-0.05, 0) is 48.7 Å². The van der Waals surface area contributed by atoms with Crippen LogP contribution in [0.2, 0.25) is 0 Å². The monoisotopic (exact) mass is 349 g/mol. The minimum atomic E-state index is -4.46. The van der Waals surface area contributed by atoms with Gasteiger partial charge in [0, 0.05) is 12.1 Å². The second-order valence-corrected chi connectivity index (χ2v) is 6.01. The summed E-state index contributed by atoms with van der Waals surface area (Å²) in [6.07, 6.45) is -2.85. The summed E-state index contributed by atoms with van der Waals surface area (Å²) in [6.45, 7) is 0.534. The van der Waals surface area contributed by atoms with Crippen LogP contribution in [0.25, 0.3) is 0 Å². The van der Waals surface area contributed by atoms with E-state index in [0.29, 0.717) is 6.54 Å². The SMILES string of the molecule is COc1ccc(C2CCCN2C(=O)c2cccc(C(F)(F)F)c2)cc1. The summed E-state index contributed by atoms with van der Waals surface area (Å²) in [7, 11) is 1.58. The number of hydrogen-bond donors (Lipinski definition) is 0. The minimum absolute atomic E-state index is 0.0650. The molecule has 3 rings (SSSR count). The third-order valence-corrected chi connectivity index (χ3v) is 4.45. The number of hydrogen-bond acceptors (Lipinski definition) is 2. The van der Waals surface area contributed by atoms with E-state index >= 15 is 0 Å². The number of benzene rings is 2. The van der Waals surface area contributed by atoms with Crippen molar-refractivity contribution >= 4 is 5.91 Å². The molecule has 1 saturated heterocycles. The van der Waals surface area contributed by atoms with Gasteiger partial charge in [0.15, 0.2) is 0 Å². The molecule has 1 heterocycles. The Morgan fingerprint density at radius 2 is 1.88 bits per heavy atom. The summed E-state index contributed by atoms with van der Waals surface area (Å²) in [5.41, 5.74) is 0.215. The third kappa shape index (κ3) is 3.62. The van der Waals surface area contributed by atoms with Gasteiger partial charge in [0.1, 0.15) is 5.75 Å². The number of carbonyl (C=O) groups is 1. The highest BCUT2D eigenvalue weighted by molar-refractivity contribution is 5.95. The molecule has 0 N–H and O–H groups in total. The lowest BCUT2D eigenvalue weighted by Crippen LogP contribution is -2.30. The fourth-order valence-electron chi connectivity index (χ4n) is 3.18. The maximum absolute atomic E-state index is 12.9. The van der Waals surface area contributed by atoms with Gasteiger partial charge in [-0.1, -0.05) is 18.2 Å². The standard InChI is InChI=1S/C19H18F3NO2/c1-25-16-9-7-13(8-10-16)17-6-3-11-23(17)18(24)14-4-2-5-15(12-14)19(20,21)22/h2,4-5,7-10,12,17H,3,6,11H2,1H3. The van der Waals surface area contributed by atoms with Gasteiger partial charge in [-0.3, -0.25) is 4.79 Å². The molecule has 1 unspecified atom stereocenters. The third-order valence-electron chi connectivity index (χ3n) is 4.45. The van der Waals surface area contributed by atoms with Crippen molar-refractivity contribution in [1.82, 2.24) is 4.90 Å². The Hall–Kier alpha value is -2.50. The van der Waals surface area contributed by atoms with E-state index in [1.54, 1.807) is 12.0 Å². The van der Waals surface area contributed by atoms with Crippen molar-refractivity contribution in [2.24, 2.45) is 0 Å². The van der Waals surface area contributed by atoms with Gasteiger partial charge in [-0.25, -0.2) is 0 Å². The van der Waals surface area contributed by atoms with Crippen LogP contribution in [0.5, 0.6) is 5.75 Å². The molecule has 3 nitrogen and oxygen atoms in total. The van der Waals surface area contributed by atoms with Gasteiger partial charge in [-0.15, -0.1) is 0 Å². The molecule has 0 spiro atoms. The van der Waals surface area contributed by atoms with Crippen LogP contribution in [0.1, 0.15) is 40.4 Å². The Kier molecular flexibility index (Phi) is 4.70. The van der Waals surface area contributed by atoms with Crippen molar-refractivity contribution in [2.45, 2.75) is 25.1 Å². The van der Waals surface area contributed by atoms with E-state index in [2.05, 4.69) is 0 Å². The number of methoxy groups -OCH3 is 1. The first-order valence-corrected chi connectivity index (χ1v) is 8.02. The Morgan fingerprint density at radius 1 is 1.16 bits per heavy atom. The van der Waals surface area contributed by atoms with Gasteiger partial charge >= 0.3 is 6.18 Å². The highest BCUT2D eigenvalue weighted by Gasteiger charge is 2.34. The molecule has 0 aromatic heterocycles. The number of rotatable bonds is 3. The fraction of sp³-hybridized carbons (Fsp3) is 0.316. The summed E-state index contributed by atoms with van der Waals surface area (Å²) in [6, 6.07) is 11.9. The lowest BCUT2D eigenvalue weighted by atomic mass is 10.0. The van der Waals surface area contributed by atoms with Crippen LogP contribution in [0.15, 0.2) is 48.5 Å². The number of halogens is 3. The summed E-state index contributed by atoms with van der Waals surface area (Å²) in [5, 5.41) is 0. The molecule has 1 amide bonds. The Morgan fingerprint density at radius 3 is 2.52 bits per heavy atom. The van der Waals surface area contributed by atoms with Crippen molar-refractivity contribution in [3.05, 3.63) is 65.2 Å². The Balaban J connectivity index is 1.85. The van der Waals surface area contributed by atoms with E-state index in [0.717, 1.165) is 36.3 Å². The van der Waals surface area contributed by atoms with Gasteiger partial charge in [0.2, 0.25) is 0 Å². The molecule has 1 fully saturated rings. The average Bonchev–Trinajstić information content (AvgIpc) is 3.10. The first kappa shape index (κ1) is 17.3. The molecule has 2 aromatic carbocycles. The van der Waals surface area contributed by atoms with Gasteiger partial charge in [0.25, 0.3) is 5.91 Å². The Labute approximate surface area is 144 Å². The maximum Gasteiger partial charge on any atom is 0.416 e. The summed E-state index contributed by atoms with van der Waals surface area (Å²) >= 11 is 0. The van der Waals surface area contributed by atoms with E-state index in [1.807, 2.05) is 24.3 Å². The van der Waals surface area contributed by atoms with Crippen LogP contribution in [0.4, 0.5) is 13.2 Å². The largest absolute Gasteiger partial charge is 0.497 e. The number of alkyl halides is 3. The molecular formula is C19H18F3NO2. The summed E-state index contributed by atoms with van der Waals surface area (Å²) in [5.74, 6) is 0.349. The minimum Gasteiger partial charge on any atom is -0.497 e. The molecule has 0 radical (unpaired) electrons. The molecule has 132 valence electrons. The van der Waals surface area contributed by atoms with E-state index in [1.165, 1.54) is 12.1 Å². The van der Waals surface area contributed by atoms with Crippen LogP contribution in [-0.4, -0.2) is 24.5 Å². The van der Waals surface area contributed by atoms with Crippen LogP contribution < -0.4 is 4.74 Å². The summed E-state index contributed by atoms with van der Waals surface area (Å²) in [4.78, 5) is 14.4. The molecule has 1 aliphatic heterocycles. The topological polar surface area (TPSA) is 29.5 Å². The highest BCUT2D eigenvalue weighted by atomic mass is 19.4. The van der Waals surface area contributed by atoms with Crippen molar-refractivity contribution in [3.63, 3.8) is 0 Å². The predicted molar refractivity (Wildman–Crippen MR) is 87.4 cm³/mol. The van der Waals surface area contributed by atoms with E-state index < -0.39 is 11.7 Å².